The van der Waals surface area contributed by atoms with E-state index in [2.05, 4.69) is 30.6 Å². The van der Waals surface area contributed by atoms with Crippen LogP contribution >= 0.6 is 0 Å². The molecule has 0 aromatic rings. The second kappa shape index (κ2) is 6.38. The molecule has 0 aromatic heterocycles. The minimum Gasteiger partial charge on any atom is -0.300 e. The molecule has 0 atom stereocenters. The maximum atomic E-state index is 2.76. The van der Waals surface area contributed by atoms with Crippen molar-refractivity contribution in [3.63, 3.8) is 0 Å². The minimum absolute atomic E-state index is 0.504. The fourth-order valence-electron chi connectivity index (χ4n) is 3.92. The largest absolute Gasteiger partial charge is 0.300 e. The molecule has 2 aliphatic rings. The molecule has 0 spiro atoms. The number of hydrogen-bond acceptors (Lipinski definition) is 2. The van der Waals surface area contributed by atoms with Crippen LogP contribution in [-0.4, -0.2) is 48.6 Å². The summed E-state index contributed by atoms with van der Waals surface area (Å²) in [5.41, 5.74) is 0.504. The zero-order chi connectivity index (χ0) is 13.0. The summed E-state index contributed by atoms with van der Waals surface area (Å²) in [6, 6.07) is 0.927. The van der Waals surface area contributed by atoms with Gasteiger partial charge < -0.3 is 4.90 Å². The van der Waals surface area contributed by atoms with E-state index < -0.39 is 0 Å². The molecule has 106 valence electrons. The fraction of sp³-hybridized carbons (Fsp3) is 1.00. The van der Waals surface area contributed by atoms with Crippen LogP contribution in [-0.2, 0) is 0 Å². The van der Waals surface area contributed by atoms with E-state index in [4.69, 9.17) is 0 Å². The van der Waals surface area contributed by atoms with Crippen molar-refractivity contribution in [2.24, 2.45) is 5.41 Å². The van der Waals surface area contributed by atoms with E-state index in [1.807, 2.05) is 0 Å². The van der Waals surface area contributed by atoms with Gasteiger partial charge in [-0.2, -0.15) is 0 Å². The van der Waals surface area contributed by atoms with Gasteiger partial charge in [0.1, 0.15) is 0 Å². The predicted molar refractivity (Wildman–Crippen MR) is 79.0 cm³/mol. The summed E-state index contributed by atoms with van der Waals surface area (Å²) in [7, 11) is 0. The van der Waals surface area contributed by atoms with E-state index >= 15 is 0 Å². The van der Waals surface area contributed by atoms with Gasteiger partial charge in [0.15, 0.2) is 0 Å². The summed E-state index contributed by atoms with van der Waals surface area (Å²) in [5.74, 6) is 0. The molecule has 1 saturated carbocycles. The molecule has 0 radical (unpaired) electrons. The van der Waals surface area contributed by atoms with Crippen LogP contribution < -0.4 is 0 Å². The topological polar surface area (TPSA) is 6.48 Å². The predicted octanol–water partition coefficient (Wildman–Crippen LogP) is 3.37. The van der Waals surface area contributed by atoms with Gasteiger partial charge >= 0.3 is 0 Å². The van der Waals surface area contributed by atoms with E-state index in [0.29, 0.717) is 5.41 Å². The van der Waals surface area contributed by atoms with Gasteiger partial charge in [0, 0.05) is 38.8 Å². The van der Waals surface area contributed by atoms with Crippen LogP contribution in [0.2, 0.25) is 0 Å². The van der Waals surface area contributed by atoms with Crippen LogP contribution in [0.15, 0.2) is 0 Å². The summed E-state index contributed by atoms with van der Waals surface area (Å²) in [4.78, 5) is 5.46. The molecule has 1 aliphatic carbocycles. The Morgan fingerprint density at radius 3 is 2.17 bits per heavy atom. The molecule has 1 aliphatic heterocycles. The Kier molecular flexibility index (Phi) is 5.08. The van der Waals surface area contributed by atoms with Gasteiger partial charge in [0.2, 0.25) is 0 Å². The maximum Gasteiger partial charge on any atom is 0.0113 e. The fourth-order valence-corrected chi connectivity index (χ4v) is 3.92. The second-order valence-electron chi connectivity index (χ2n) is 7.16. The molecule has 2 heteroatoms. The average Bonchev–Trinajstić information content (AvgIpc) is 2.82. The van der Waals surface area contributed by atoms with Gasteiger partial charge in [-0.1, -0.05) is 40.0 Å². The summed E-state index contributed by atoms with van der Waals surface area (Å²) >= 11 is 0. The molecule has 2 rings (SSSR count). The minimum atomic E-state index is 0.504. The summed E-state index contributed by atoms with van der Waals surface area (Å²) < 4.78 is 0. The van der Waals surface area contributed by atoms with Gasteiger partial charge in [-0.3, -0.25) is 4.90 Å². The van der Waals surface area contributed by atoms with Crippen molar-refractivity contribution in [2.45, 2.75) is 65.3 Å². The highest BCUT2D eigenvalue weighted by Crippen LogP contribution is 2.27. The van der Waals surface area contributed by atoms with Crippen LogP contribution in [0.1, 0.15) is 59.3 Å². The highest BCUT2D eigenvalue weighted by Gasteiger charge is 2.28. The first-order valence-corrected chi connectivity index (χ1v) is 8.07. The number of piperazine rings is 1. The monoisotopic (exact) mass is 252 g/mol. The van der Waals surface area contributed by atoms with Gasteiger partial charge in [-0.25, -0.2) is 0 Å². The molecule has 0 aromatic carbocycles. The van der Waals surface area contributed by atoms with Crippen molar-refractivity contribution < 1.29 is 0 Å². The zero-order valence-electron chi connectivity index (χ0n) is 12.7. The lowest BCUT2D eigenvalue weighted by atomic mass is 9.87. The lowest BCUT2D eigenvalue weighted by molar-refractivity contribution is 0.0706. The lowest BCUT2D eigenvalue weighted by Gasteiger charge is -2.41. The Morgan fingerprint density at radius 1 is 1.00 bits per heavy atom. The summed E-state index contributed by atoms with van der Waals surface area (Å²) in [6.45, 7) is 13.7. The Hall–Kier alpha value is -0.0800. The Labute approximate surface area is 114 Å². The first kappa shape index (κ1) is 14.3. The van der Waals surface area contributed by atoms with Crippen LogP contribution in [0.25, 0.3) is 0 Å². The third-order valence-corrected chi connectivity index (χ3v) is 4.83. The van der Waals surface area contributed by atoms with Crippen molar-refractivity contribution in [3.05, 3.63) is 0 Å². The quantitative estimate of drug-likeness (QED) is 0.740. The van der Waals surface area contributed by atoms with Crippen LogP contribution in [0, 0.1) is 5.41 Å². The number of hydrogen-bond donors (Lipinski definition) is 0. The molecular formula is C16H32N2. The summed E-state index contributed by atoms with van der Waals surface area (Å²) in [6.07, 6.45) is 8.52. The van der Waals surface area contributed by atoms with Gasteiger partial charge in [-0.15, -0.1) is 0 Å². The first-order valence-electron chi connectivity index (χ1n) is 8.07. The maximum absolute atomic E-state index is 2.76. The second-order valence-corrected chi connectivity index (χ2v) is 7.16. The highest BCUT2D eigenvalue weighted by atomic mass is 15.3. The van der Waals surface area contributed by atoms with Crippen molar-refractivity contribution in [1.82, 2.24) is 9.80 Å². The average molecular weight is 252 g/mol. The van der Waals surface area contributed by atoms with Crippen molar-refractivity contribution in [2.75, 3.05) is 32.7 Å². The smallest absolute Gasteiger partial charge is 0.0113 e. The highest BCUT2D eigenvalue weighted by molar-refractivity contribution is 4.83. The number of rotatable bonds is 5. The van der Waals surface area contributed by atoms with Crippen molar-refractivity contribution >= 4 is 0 Å². The lowest BCUT2D eigenvalue weighted by Crippen LogP contribution is -2.51. The molecule has 0 unspecified atom stereocenters. The van der Waals surface area contributed by atoms with Crippen molar-refractivity contribution in [3.8, 4) is 0 Å². The molecule has 0 N–H and O–H groups in total. The van der Waals surface area contributed by atoms with Crippen molar-refractivity contribution in [1.29, 1.82) is 0 Å². The third kappa shape index (κ3) is 3.96. The standard InChI is InChI=1S/C16H32N2/c1-4-9-16(2,3)14-17-10-12-18(13-11-17)15-7-5-6-8-15/h15H,4-14H2,1-3H3. The molecule has 1 heterocycles. The molecule has 1 saturated heterocycles. The van der Waals surface area contributed by atoms with E-state index in [1.54, 1.807) is 0 Å². The van der Waals surface area contributed by atoms with Gasteiger partial charge in [0.25, 0.3) is 0 Å². The van der Waals surface area contributed by atoms with E-state index in [0.717, 1.165) is 6.04 Å². The van der Waals surface area contributed by atoms with E-state index in [-0.39, 0.29) is 0 Å². The molecule has 2 fully saturated rings. The van der Waals surface area contributed by atoms with E-state index in [1.165, 1.54) is 71.2 Å². The Morgan fingerprint density at radius 2 is 1.61 bits per heavy atom. The third-order valence-electron chi connectivity index (χ3n) is 4.83. The van der Waals surface area contributed by atoms with Gasteiger partial charge in [-0.05, 0) is 24.7 Å². The molecule has 0 bridgehead atoms. The Balaban J connectivity index is 1.72. The summed E-state index contributed by atoms with van der Waals surface area (Å²) in [5, 5.41) is 0. The molecule has 2 nitrogen and oxygen atoms in total. The van der Waals surface area contributed by atoms with Crippen LogP contribution in [0.4, 0.5) is 0 Å². The van der Waals surface area contributed by atoms with Crippen LogP contribution in [0.3, 0.4) is 0 Å². The molecule has 0 amide bonds. The van der Waals surface area contributed by atoms with Gasteiger partial charge in [0.05, 0.1) is 0 Å². The molecular weight excluding hydrogens is 220 g/mol. The SMILES string of the molecule is CCCC(C)(C)CN1CCN(C2CCCC2)CC1. The van der Waals surface area contributed by atoms with Crippen LogP contribution in [0.5, 0.6) is 0 Å². The molecule has 18 heavy (non-hydrogen) atoms. The zero-order valence-corrected chi connectivity index (χ0v) is 12.7. The van der Waals surface area contributed by atoms with E-state index in [9.17, 15) is 0 Å². The normalized spacial score (nSPS) is 24.8. The first-order chi connectivity index (χ1) is 8.61. The number of nitrogens with zero attached hydrogens (tertiary/aromatic N) is 2. The Bertz CT molecular complexity index is 235.